The quantitative estimate of drug-likeness (QED) is 0.803. The Bertz CT molecular complexity index is 345. The third-order valence-electron chi connectivity index (χ3n) is 2.59. The molecule has 0 aliphatic carbocycles. The van der Waals surface area contributed by atoms with E-state index < -0.39 is 5.97 Å². The van der Waals surface area contributed by atoms with Crippen molar-refractivity contribution in [1.82, 2.24) is 5.32 Å². The van der Waals surface area contributed by atoms with Gasteiger partial charge in [0.1, 0.15) is 0 Å². The van der Waals surface area contributed by atoms with E-state index in [0.29, 0.717) is 0 Å². The summed E-state index contributed by atoms with van der Waals surface area (Å²) in [5.74, 6) is -0.767. The second-order valence-corrected chi connectivity index (χ2v) is 4.30. The lowest BCUT2D eigenvalue weighted by Gasteiger charge is -2.19. The fraction of sp³-hybridized carbons (Fsp3) is 0.462. The monoisotopic (exact) mass is 221 g/mol. The summed E-state index contributed by atoms with van der Waals surface area (Å²) in [5, 5.41) is 11.9. The van der Waals surface area contributed by atoms with E-state index in [2.05, 4.69) is 36.5 Å². The predicted molar refractivity (Wildman–Crippen MR) is 64.4 cm³/mol. The van der Waals surface area contributed by atoms with Gasteiger partial charge in [0.05, 0.1) is 6.42 Å². The summed E-state index contributed by atoms with van der Waals surface area (Å²) in [6.45, 7) is 5.98. The number of carboxylic acids is 1. The molecule has 3 nitrogen and oxygen atoms in total. The van der Waals surface area contributed by atoms with Crippen molar-refractivity contribution in [1.29, 1.82) is 0 Å². The fourth-order valence-electron chi connectivity index (χ4n) is 1.70. The molecule has 0 aliphatic heterocycles. The maximum atomic E-state index is 10.5. The highest BCUT2D eigenvalue weighted by atomic mass is 16.4. The van der Waals surface area contributed by atoms with E-state index in [1.54, 1.807) is 0 Å². The number of aryl methyl sites for hydroxylation is 1. The molecule has 2 atom stereocenters. The van der Waals surface area contributed by atoms with Crippen LogP contribution in [0, 0.1) is 6.92 Å². The molecule has 1 aromatic rings. The van der Waals surface area contributed by atoms with Gasteiger partial charge in [-0.3, -0.25) is 4.79 Å². The third kappa shape index (κ3) is 4.03. The van der Waals surface area contributed by atoms with Gasteiger partial charge in [0, 0.05) is 12.1 Å². The van der Waals surface area contributed by atoms with Gasteiger partial charge in [-0.05, 0) is 26.3 Å². The molecule has 0 spiro atoms. The van der Waals surface area contributed by atoms with Gasteiger partial charge in [0.25, 0.3) is 0 Å². The van der Waals surface area contributed by atoms with E-state index in [4.69, 9.17) is 5.11 Å². The fourth-order valence-corrected chi connectivity index (χ4v) is 1.70. The van der Waals surface area contributed by atoms with E-state index in [1.807, 2.05) is 13.8 Å². The van der Waals surface area contributed by atoms with Crippen LogP contribution in [-0.2, 0) is 4.79 Å². The van der Waals surface area contributed by atoms with Crippen LogP contribution in [0.5, 0.6) is 0 Å². The van der Waals surface area contributed by atoms with E-state index >= 15 is 0 Å². The lowest BCUT2D eigenvalue weighted by atomic mass is 10.1. The largest absolute Gasteiger partial charge is 0.481 e. The maximum Gasteiger partial charge on any atom is 0.304 e. The topological polar surface area (TPSA) is 49.3 Å². The molecular weight excluding hydrogens is 202 g/mol. The van der Waals surface area contributed by atoms with Crippen LogP contribution in [0.3, 0.4) is 0 Å². The zero-order valence-electron chi connectivity index (χ0n) is 10.0. The molecule has 0 radical (unpaired) electrons. The lowest BCUT2D eigenvalue weighted by molar-refractivity contribution is -0.137. The first-order valence-corrected chi connectivity index (χ1v) is 5.53. The van der Waals surface area contributed by atoms with Crippen LogP contribution >= 0.6 is 0 Å². The smallest absolute Gasteiger partial charge is 0.304 e. The first-order chi connectivity index (χ1) is 7.49. The van der Waals surface area contributed by atoms with Gasteiger partial charge >= 0.3 is 5.97 Å². The highest BCUT2D eigenvalue weighted by molar-refractivity contribution is 5.67. The molecule has 3 heteroatoms. The highest BCUT2D eigenvalue weighted by Gasteiger charge is 2.11. The number of hydrogen-bond acceptors (Lipinski definition) is 2. The van der Waals surface area contributed by atoms with Crippen LogP contribution in [0.15, 0.2) is 24.3 Å². The third-order valence-corrected chi connectivity index (χ3v) is 2.59. The Balaban J connectivity index is 2.54. The minimum atomic E-state index is -0.767. The van der Waals surface area contributed by atoms with Crippen molar-refractivity contribution in [3.8, 4) is 0 Å². The van der Waals surface area contributed by atoms with Gasteiger partial charge < -0.3 is 10.4 Å². The SMILES string of the molecule is Cc1ccc([C@@H](C)NC(C)CC(=O)O)cc1. The Kier molecular flexibility index (Phi) is 4.50. The van der Waals surface area contributed by atoms with Crippen molar-refractivity contribution in [2.45, 2.75) is 39.3 Å². The molecule has 0 saturated heterocycles. The summed E-state index contributed by atoms with van der Waals surface area (Å²) in [6.07, 6.45) is 0.149. The molecule has 0 bridgehead atoms. The number of nitrogens with one attached hydrogen (secondary N) is 1. The predicted octanol–water partition coefficient (Wildman–Crippen LogP) is 2.51. The highest BCUT2D eigenvalue weighted by Crippen LogP contribution is 2.14. The molecule has 0 heterocycles. The van der Waals surface area contributed by atoms with Gasteiger partial charge in [-0.1, -0.05) is 29.8 Å². The molecule has 0 aliphatic rings. The van der Waals surface area contributed by atoms with Crippen molar-refractivity contribution in [3.05, 3.63) is 35.4 Å². The van der Waals surface area contributed by atoms with E-state index in [-0.39, 0.29) is 18.5 Å². The lowest BCUT2D eigenvalue weighted by Crippen LogP contribution is -2.30. The zero-order valence-corrected chi connectivity index (χ0v) is 10.0. The maximum absolute atomic E-state index is 10.5. The molecule has 16 heavy (non-hydrogen) atoms. The van der Waals surface area contributed by atoms with E-state index in [0.717, 1.165) is 0 Å². The average molecular weight is 221 g/mol. The van der Waals surface area contributed by atoms with Gasteiger partial charge in [-0.25, -0.2) is 0 Å². The molecule has 88 valence electrons. The molecule has 0 fully saturated rings. The van der Waals surface area contributed by atoms with Crippen molar-refractivity contribution in [2.75, 3.05) is 0 Å². The molecule has 2 N–H and O–H groups in total. The number of carboxylic acid groups (broad SMARTS) is 1. The molecule has 1 unspecified atom stereocenters. The standard InChI is InChI=1S/C13H19NO2/c1-9-4-6-12(7-5-9)11(3)14-10(2)8-13(15)16/h4-7,10-11,14H,8H2,1-3H3,(H,15,16)/t10?,11-/m1/s1. The molecule has 0 saturated carbocycles. The number of carbonyl (C=O) groups is 1. The minimum absolute atomic E-state index is 0.0196. The van der Waals surface area contributed by atoms with Gasteiger partial charge in [-0.15, -0.1) is 0 Å². The molecular formula is C13H19NO2. The van der Waals surface area contributed by atoms with Gasteiger partial charge in [-0.2, -0.15) is 0 Å². The summed E-state index contributed by atoms with van der Waals surface area (Å²) in [5.41, 5.74) is 2.41. The summed E-state index contributed by atoms with van der Waals surface area (Å²) in [7, 11) is 0. The number of aliphatic carboxylic acids is 1. The van der Waals surface area contributed by atoms with Crippen LogP contribution in [-0.4, -0.2) is 17.1 Å². The molecule has 0 aromatic heterocycles. The second kappa shape index (κ2) is 5.66. The van der Waals surface area contributed by atoms with Crippen LogP contribution < -0.4 is 5.32 Å². The Morgan fingerprint density at radius 1 is 1.31 bits per heavy atom. The van der Waals surface area contributed by atoms with Crippen LogP contribution in [0.25, 0.3) is 0 Å². The van der Waals surface area contributed by atoms with Crippen molar-refractivity contribution in [2.24, 2.45) is 0 Å². The molecule has 1 rings (SSSR count). The van der Waals surface area contributed by atoms with Crippen molar-refractivity contribution in [3.63, 3.8) is 0 Å². The van der Waals surface area contributed by atoms with Crippen molar-refractivity contribution < 1.29 is 9.90 Å². The summed E-state index contributed by atoms with van der Waals surface area (Å²) < 4.78 is 0. The van der Waals surface area contributed by atoms with Crippen molar-refractivity contribution >= 4 is 5.97 Å². The first-order valence-electron chi connectivity index (χ1n) is 5.53. The van der Waals surface area contributed by atoms with E-state index in [9.17, 15) is 4.79 Å². The number of benzene rings is 1. The number of hydrogen-bond donors (Lipinski definition) is 2. The van der Waals surface area contributed by atoms with Crippen LogP contribution in [0.2, 0.25) is 0 Å². The van der Waals surface area contributed by atoms with Gasteiger partial charge in [0.15, 0.2) is 0 Å². The summed E-state index contributed by atoms with van der Waals surface area (Å²) in [6, 6.07) is 8.43. The normalized spacial score (nSPS) is 14.4. The second-order valence-electron chi connectivity index (χ2n) is 4.30. The summed E-state index contributed by atoms with van der Waals surface area (Å²) in [4.78, 5) is 10.5. The van der Waals surface area contributed by atoms with Gasteiger partial charge in [0.2, 0.25) is 0 Å². The van der Waals surface area contributed by atoms with Crippen LogP contribution in [0.4, 0.5) is 0 Å². The van der Waals surface area contributed by atoms with Crippen LogP contribution in [0.1, 0.15) is 37.4 Å². The Morgan fingerprint density at radius 2 is 1.88 bits per heavy atom. The minimum Gasteiger partial charge on any atom is -0.481 e. The molecule has 0 amide bonds. The average Bonchev–Trinajstić information content (AvgIpc) is 2.16. The zero-order chi connectivity index (χ0) is 12.1. The summed E-state index contributed by atoms with van der Waals surface area (Å²) >= 11 is 0. The number of rotatable bonds is 5. The first kappa shape index (κ1) is 12.7. The Morgan fingerprint density at radius 3 is 2.38 bits per heavy atom. The Hall–Kier alpha value is -1.35. The van der Waals surface area contributed by atoms with E-state index in [1.165, 1.54) is 11.1 Å². The molecule has 1 aromatic carbocycles. The Labute approximate surface area is 96.5 Å².